The van der Waals surface area contributed by atoms with Crippen molar-refractivity contribution in [3.05, 3.63) is 76.6 Å². The SMILES string of the molecule is CC(C)(C)OC(=O)C=Cc1ccc(C(=C2CCCCC2)c2ccc(O)c(F)c2)cc1. The average Bonchev–Trinajstić information content (AvgIpc) is 2.70. The molecule has 3 rings (SSSR count). The van der Waals surface area contributed by atoms with E-state index < -0.39 is 11.4 Å². The summed E-state index contributed by atoms with van der Waals surface area (Å²) in [4.78, 5) is 11.9. The van der Waals surface area contributed by atoms with Gasteiger partial charge in [0.1, 0.15) is 5.60 Å². The van der Waals surface area contributed by atoms with Crippen LogP contribution >= 0.6 is 0 Å². The third-order valence-electron chi connectivity index (χ3n) is 5.07. The highest BCUT2D eigenvalue weighted by atomic mass is 19.1. The van der Waals surface area contributed by atoms with E-state index in [1.807, 2.05) is 45.0 Å². The number of rotatable bonds is 4. The van der Waals surface area contributed by atoms with Gasteiger partial charge in [-0.05, 0) is 86.9 Å². The Bertz CT molecular complexity index is 955. The molecule has 4 heteroatoms. The van der Waals surface area contributed by atoms with Crippen molar-refractivity contribution in [2.24, 2.45) is 0 Å². The van der Waals surface area contributed by atoms with Crippen molar-refractivity contribution >= 4 is 17.6 Å². The van der Waals surface area contributed by atoms with Gasteiger partial charge in [0, 0.05) is 6.08 Å². The first kappa shape index (κ1) is 21.8. The second kappa shape index (κ2) is 9.29. The Kier molecular flexibility index (Phi) is 6.76. The number of hydrogen-bond donors (Lipinski definition) is 1. The number of hydrogen-bond acceptors (Lipinski definition) is 3. The van der Waals surface area contributed by atoms with E-state index in [0.29, 0.717) is 0 Å². The van der Waals surface area contributed by atoms with E-state index in [0.717, 1.165) is 47.9 Å². The molecule has 0 bridgehead atoms. The highest BCUT2D eigenvalue weighted by Gasteiger charge is 2.17. The summed E-state index contributed by atoms with van der Waals surface area (Å²) in [6.07, 6.45) is 8.64. The second-order valence-corrected chi connectivity index (χ2v) is 8.69. The molecule has 3 nitrogen and oxygen atoms in total. The molecule has 1 N–H and O–H groups in total. The Morgan fingerprint density at radius 1 is 1.00 bits per heavy atom. The number of carbonyl (C=O) groups is 1. The standard InChI is InChI=1S/C26H29FO3/c1-26(2,3)30-24(29)16-11-18-9-12-20(13-10-18)25(19-7-5-4-6-8-19)21-14-15-23(28)22(27)17-21/h9-17,28H,4-8H2,1-3H3. The number of esters is 1. The molecule has 0 aromatic heterocycles. The maximum absolute atomic E-state index is 14.1. The predicted octanol–water partition coefficient (Wildman–Crippen LogP) is 6.65. The molecule has 0 amide bonds. The summed E-state index contributed by atoms with van der Waals surface area (Å²) in [5.41, 5.74) is 4.51. The van der Waals surface area contributed by atoms with Gasteiger partial charge in [0.2, 0.25) is 0 Å². The van der Waals surface area contributed by atoms with E-state index in [9.17, 15) is 14.3 Å². The number of phenolic OH excluding ortho intramolecular Hbond substituents is 1. The Morgan fingerprint density at radius 3 is 2.23 bits per heavy atom. The molecule has 2 aromatic rings. The van der Waals surface area contributed by atoms with Crippen molar-refractivity contribution < 1.29 is 19.0 Å². The van der Waals surface area contributed by atoms with Gasteiger partial charge in [-0.25, -0.2) is 9.18 Å². The monoisotopic (exact) mass is 408 g/mol. The molecule has 1 aliphatic rings. The molecule has 0 aliphatic heterocycles. The lowest BCUT2D eigenvalue weighted by Gasteiger charge is -2.20. The minimum Gasteiger partial charge on any atom is -0.505 e. The fraction of sp³-hybridized carbons (Fsp3) is 0.346. The molecule has 0 atom stereocenters. The first-order valence-electron chi connectivity index (χ1n) is 10.5. The summed E-state index contributed by atoms with van der Waals surface area (Å²) in [5.74, 6) is -1.33. The van der Waals surface area contributed by atoms with Crippen LogP contribution in [-0.2, 0) is 9.53 Å². The number of halogens is 1. The van der Waals surface area contributed by atoms with Gasteiger partial charge in [-0.15, -0.1) is 0 Å². The van der Waals surface area contributed by atoms with Crippen LogP contribution in [0.15, 0.2) is 54.1 Å². The fourth-order valence-corrected chi connectivity index (χ4v) is 3.73. The lowest BCUT2D eigenvalue weighted by atomic mass is 9.85. The number of aromatic hydroxyl groups is 1. The Morgan fingerprint density at radius 2 is 1.63 bits per heavy atom. The van der Waals surface area contributed by atoms with Crippen LogP contribution < -0.4 is 0 Å². The topological polar surface area (TPSA) is 46.5 Å². The molecule has 30 heavy (non-hydrogen) atoms. The summed E-state index contributed by atoms with van der Waals surface area (Å²) in [6, 6.07) is 12.5. The van der Waals surface area contributed by atoms with Gasteiger partial charge in [-0.1, -0.05) is 42.3 Å². The molecule has 1 fully saturated rings. The normalized spacial score (nSPS) is 14.7. The quantitative estimate of drug-likeness (QED) is 0.455. The number of carbonyl (C=O) groups excluding carboxylic acids is 1. The van der Waals surface area contributed by atoms with Crippen molar-refractivity contribution in [3.8, 4) is 5.75 Å². The predicted molar refractivity (Wildman–Crippen MR) is 118 cm³/mol. The van der Waals surface area contributed by atoms with Crippen LogP contribution in [0.5, 0.6) is 5.75 Å². The van der Waals surface area contributed by atoms with E-state index >= 15 is 0 Å². The van der Waals surface area contributed by atoms with Crippen molar-refractivity contribution in [2.75, 3.05) is 0 Å². The molecule has 0 radical (unpaired) electrons. The molecule has 158 valence electrons. The first-order valence-corrected chi connectivity index (χ1v) is 10.5. The molecular weight excluding hydrogens is 379 g/mol. The van der Waals surface area contributed by atoms with Gasteiger partial charge in [0.15, 0.2) is 11.6 Å². The molecule has 0 heterocycles. The minimum atomic E-state index is -0.613. The van der Waals surface area contributed by atoms with Crippen LogP contribution in [0.1, 0.15) is 69.6 Å². The van der Waals surface area contributed by atoms with E-state index in [1.54, 1.807) is 12.1 Å². The third-order valence-corrected chi connectivity index (χ3v) is 5.07. The van der Waals surface area contributed by atoms with E-state index in [4.69, 9.17) is 4.74 Å². The number of phenols is 1. The van der Waals surface area contributed by atoms with Crippen molar-refractivity contribution in [3.63, 3.8) is 0 Å². The van der Waals surface area contributed by atoms with Crippen molar-refractivity contribution in [1.82, 2.24) is 0 Å². The summed E-state index contributed by atoms with van der Waals surface area (Å²) in [5, 5.41) is 9.58. The van der Waals surface area contributed by atoms with Crippen molar-refractivity contribution in [1.29, 1.82) is 0 Å². The molecule has 2 aromatic carbocycles. The molecular formula is C26H29FO3. The number of ether oxygens (including phenoxy) is 1. The highest BCUT2D eigenvalue weighted by molar-refractivity contribution is 5.88. The molecule has 0 spiro atoms. The zero-order valence-electron chi connectivity index (χ0n) is 17.9. The van der Waals surface area contributed by atoms with Crippen LogP contribution in [0, 0.1) is 5.82 Å². The molecule has 1 saturated carbocycles. The molecule has 1 aliphatic carbocycles. The zero-order chi connectivity index (χ0) is 21.7. The first-order chi connectivity index (χ1) is 14.2. The van der Waals surface area contributed by atoms with Gasteiger partial charge < -0.3 is 9.84 Å². The van der Waals surface area contributed by atoms with Crippen molar-refractivity contribution in [2.45, 2.75) is 58.5 Å². The summed E-state index contributed by atoms with van der Waals surface area (Å²) < 4.78 is 19.3. The molecule has 0 saturated heterocycles. The van der Waals surface area contributed by atoms with Crippen LogP contribution in [0.2, 0.25) is 0 Å². The van der Waals surface area contributed by atoms with Gasteiger partial charge in [-0.3, -0.25) is 0 Å². The Balaban J connectivity index is 1.89. The van der Waals surface area contributed by atoms with E-state index in [-0.39, 0.29) is 11.7 Å². The van der Waals surface area contributed by atoms with Gasteiger partial charge in [0.25, 0.3) is 0 Å². The van der Waals surface area contributed by atoms with E-state index in [1.165, 1.54) is 30.2 Å². The van der Waals surface area contributed by atoms with Crippen LogP contribution in [0.25, 0.3) is 11.6 Å². The Labute approximate surface area is 177 Å². The summed E-state index contributed by atoms with van der Waals surface area (Å²) >= 11 is 0. The largest absolute Gasteiger partial charge is 0.505 e. The van der Waals surface area contributed by atoms with Crippen LogP contribution in [0.4, 0.5) is 4.39 Å². The lowest BCUT2D eigenvalue weighted by Crippen LogP contribution is -2.22. The minimum absolute atomic E-state index is 0.339. The van der Waals surface area contributed by atoms with Crippen LogP contribution in [0.3, 0.4) is 0 Å². The van der Waals surface area contributed by atoms with Gasteiger partial charge in [0.05, 0.1) is 0 Å². The number of allylic oxidation sites excluding steroid dienone is 1. The number of benzene rings is 2. The summed E-state index contributed by atoms with van der Waals surface area (Å²) in [6.45, 7) is 5.50. The fourth-order valence-electron chi connectivity index (χ4n) is 3.73. The van der Waals surface area contributed by atoms with Crippen LogP contribution in [-0.4, -0.2) is 16.7 Å². The molecule has 0 unspecified atom stereocenters. The lowest BCUT2D eigenvalue weighted by molar-refractivity contribution is -0.148. The maximum Gasteiger partial charge on any atom is 0.331 e. The third kappa shape index (κ3) is 5.82. The highest BCUT2D eigenvalue weighted by Crippen LogP contribution is 2.36. The maximum atomic E-state index is 14.1. The van der Waals surface area contributed by atoms with Gasteiger partial charge >= 0.3 is 5.97 Å². The van der Waals surface area contributed by atoms with Gasteiger partial charge in [-0.2, -0.15) is 0 Å². The second-order valence-electron chi connectivity index (χ2n) is 8.69. The zero-order valence-corrected chi connectivity index (χ0v) is 17.9. The Hall–Kier alpha value is -2.88. The summed E-state index contributed by atoms with van der Waals surface area (Å²) in [7, 11) is 0. The smallest absolute Gasteiger partial charge is 0.331 e. The average molecular weight is 409 g/mol. The van der Waals surface area contributed by atoms with E-state index in [2.05, 4.69) is 0 Å².